The quantitative estimate of drug-likeness (QED) is 0.0794. The van der Waals surface area contributed by atoms with Gasteiger partial charge in [0.15, 0.2) is 17.3 Å². The molecule has 1 N–H and O–H groups in total. The van der Waals surface area contributed by atoms with Gasteiger partial charge in [0, 0.05) is 47.0 Å². The molecule has 44 heavy (non-hydrogen) atoms. The zero-order valence-corrected chi connectivity index (χ0v) is 26.4. The van der Waals surface area contributed by atoms with Crippen LogP contribution in [0, 0.1) is 0 Å². The highest BCUT2D eigenvalue weighted by molar-refractivity contribution is 6.10. The Morgan fingerprint density at radius 2 is 1.57 bits per heavy atom. The molecule has 0 fully saturated rings. The number of rotatable bonds is 16. The van der Waals surface area contributed by atoms with Gasteiger partial charge in [-0.25, -0.2) is 0 Å². The van der Waals surface area contributed by atoms with Gasteiger partial charge in [-0.3, -0.25) is 9.59 Å². The van der Waals surface area contributed by atoms with Crippen molar-refractivity contribution in [2.24, 2.45) is 0 Å². The van der Waals surface area contributed by atoms with Crippen molar-refractivity contribution in [2.75, 3.05) is 6.61 Å². The third-order valence-electron chi connectivity index (χ3n) is 8.39. The standard InChI is InChI=1S/C38H45NO5/c1-4-7-8-11-24-38(29-21-18-27(13-5-2)19-22-29)43-34-23-20-28(26-35(34)44-38)25-33(40)37-30-14-9-10-15-31(30)39-32(37)16-12-17-36(41)42-6-3/h9-10,14-15,18-23,26,39H,4-8,11-13,16-17,24-25H2,1-3H3. The van der Waals surface area contributed by atoms with Crippen LogP contribution in [0.3, 0.4) is 0 Å². The third-order valence-corrected chi connectivity index (χ3v) is 8.39. The predicted molar refractivity (Wildman–Crippen MR) is 174 cm³/mol. The fourth-order valence-electron chi connectivity index (χ4n) is 6.19. The molecule has 232 valence electrons. The van der Waals surface area contributed by atoms with Crippen molar-refractivity contribution in [3.8, 4) is 11.5 Å². The van der Waals surface area contributed by atoms with Crippen LogP contribution in [0.15, 0.2) is 66.7 Å². The van der Waals surface area contributed by atoms with Gasteiger partial charge in [-0.05, 0) is 61.9 Å². The Kier molecular flexibility index (Phi) is 10.4. The summed E-state index contributed by atoms with van der Waals surface area (Å²) in [5, 5.41) is 0.905. The molecule has 1 aromatic heterocycles. The van der Waals surface area contributed by atoms with Crippen molar-refractivity contribution in [1.29, 1.82) is 0 Å². The van der Waals surface area contributed by atoms with E-state index in [1.807, 2.05) is 42.5 Å². The molecular weight excluding hydrogens is 550 g/mol. The van der Waals surface area contributed by atoms with Crippen molar-refractivity contribution in [2.45, 2.75) is 97.2 Å². The molecule has 0 amide bonds. The molecule has 1 unspecified atom stereocenters. The fourth-order valence-corrected chi connectivity index (χ4v) is 6.19. The number of H-pyrrole nitrogens is 1. The number of carbonyl (C=O) groups is 2. The Hall–Kier alpha value is -4.06. The molecule has 4 aromatic rings. The summed E-state index contributed by atoms with van der Waals surface area (Å²) in [6.45, 7) is 6.58. The Balaban J connectivity index is 1.36. The number of para-hydroxylation sites is 1. The van der Waals surface area contributed by atoms with Crippen LogP contribution in [0.5, 0.6) is 11.5 Å². The van der Waals surface area contributed by atoms with E-state index >= 15 is 0 Å². The summed E-state index contributed by atoms with van der Waals surface area (Å²) in [4.78, 5) is 29.2. The smallest absolute Gasteiger partial charge is 0.305 e. The first kappa shape index (κ1) is 31.4. The summed E-state index contributed by atoms with van der Waals surface area (Å²) < 4.78 is 18.4. The van der Waals surface area contributed by atoms with Gasteiger partial charge in [-0.2, -0.15) is 0 Å². The molecular formula is C38H45NO5. The zero-order chi connectivity index (χ0) is 30.9. The summed E-state index contributed by atoms with van der Waals surface area (Å²) in [7, 11) is 0. The average molecular weight is 596 g/mol. The van der Waals surface area contributed by atoms with Gasteiger partial charge in [0.1, 0.15) is 0 Å². The highest BCUT2D eigenvalue weighted by Crippen LogP contribution is 2.47. The van der Waals surface area contributed by atoms with Crippen molar-refractivity contribution in [3.05, 3.63) is 94.7 Å². The van der Waals surface area contributed by atoms with Crippen molar-refractivity contribution < 1.29 is 23.8 Å². The van der Waals surface area contributed by atoms with Gasteiger partial charge in [-0.1, -0.05) is 88.1 Å². The maximum absolute atomic E-state index is 13.9. The minimum absolute atomic E-state index is 0.0322. The Morgan fingerprint density at radius 3 is 2.34 bits per heavy atom. The number of aryl methyl sites for hydroxylation is 2. The highest BCUT2D eigenvalue weighted by atomic mass is 16.7. The predicted octanol–water partition coefficient (Wildman–Crippen LogP) is 9.03. The van der Waals surface area contributed by atoms with Gasteiger partial charge in [0.05, 0.1) is 6.61 Å². The normalized spacial score (nSPS) is 15.5. The highest BCUT2D eigenvalue weighted by Gasteiger charge is 2.43. The molecule has 0 saturated carbocycles. The molecule has 0 bridgehead atoms. The number of unbranched alkanes of at least 4 members (excludes halogenated alkanes) is 3. The number of nitrogens with one attached hydrogen (secondary N) is 1. The third kappa shape index (κ3) is 7.18. The topological polar surface area (TPSA) is 77.6 Å². The van der Waals surface area contributed by atoms with Crippen LogP contribution in [-0.4, -0.2) is 23.3 Å². The van der Waals surface area contributed by atoms with Crippen LogP contribution < -0.4 is 9.47 Å². The van der Waals surface area contributed by atoms with Crippen LogP contribution in [0.4, 0.5) is 0 Å². The molecule has 0 radical (unpaired) electrons. The number of aromatic nitrogens is 1. The summed E-state index contributed by atoms with van der Waals surface area (Å²) in [5.74, 6) is 0.338. The second kappa shape index (κ2) is 14.6. The van der Waals surface area contributed by atoms with E-state index in [0.29, 0.717) is 42.9 Å². The van der Waals surface area contributed by atoms with Crippen LogP contribution >= 0.6 is 0 Å². The summed E-state index contributed by atoms with van der Waals surface area (Å²) in [6.07, 6.45) is 9.15. The van der Waals surface area contributed by atoms with Gasteiger partial charge in [0.25, 0.3) is 5.79 Å². The number of fused-ring (bicyclic) bond motifs is 2. The largest absolute Gasteiger partial charge is 0.466 e. The lowest BCUT2D eigenvalue weighted by molar-refractivity contribution is -0.143. The molecule has 1 atom stereocenters. The Bertz CT molecular complexity index is 1570. The number of esters is 1. The lowest BCUT2D eigenvalue weighted by Gasteiger charge is -2.28. The Morgan fingerprint density at radius 1 is 0.795 bits per heavy atom. The van der Waals surface area contributed by atoms with Crippen LogP contribution in [0.25, 0.3) is 10.9 Å². The maximum atomic E-state index is 13.9. The SMILES string of the molecule is CCCCCCC1(c2ccc(CCC)cc2)Oc2ccc(CC(=O)c3c(CCCC(=O)OCC)[nH]c4ccccc34)cc2O1. The van der Waals surface area contributed by atoms with Crippen molar-refractivity contribution in [3.63, 3.8) is 0 Å². The number of aromatic amines is 1. The van der Waals surface area contributed by atoms with E-state index in [2.05, 4.69) is 43.1 Å². The molecule has 6 heteroatoms. The van der Waals surface area contributed by atoms with E-state index in [9.17, 15) is 9.59 Å². The molecule has 0 aliphatic carbocycles. The number of ketones is 1. The minimum atomic E-state index is -0.869. The molecule has 2 heterocycles. The number of benzene rings is 3. The number of carbonyl (C=O) groups excluding carboxylic acids is 2. The number of ether oxygens (including phenoxy) is 3. The summed E-state index contributed by atoms with van der Waals surface area (Å²) in [6, 6.07) is 22.4. The minimum Gasteiger partial charge on any atom is -0.466 e. The van der Waals surface area contributed by atoms with Gasteiger partial charge in [-0.15, -0.1) is 0 Å². The van der Waals surface area contributed by atoms with Crippen LogP contribution in [0.1, 0.15) is 105 Å². The molecule has 0 saturated heterocycles. The summed E-state index contributed by atoms with van der Waals surface area (Å²) in [5.41, 5.74) is 5.68. The molecule has 1 aliphatic heterocycles. The Labute approximate surface area is 261 Å². The fraction of sp³-hybridized carbons (Fsp3) is 0.421. The van der Waals surface area contributed by atoms with E-state index in [-0.39, 0.29) is 18.2 Å². The van der Waals surface area contributed by atoms with Crippen LogP contribution in [0.2, 0.25) is 0 Å². The van der Waals surface area contributed by atoms with E-state index in [1.54, 1.807) is 6.92 Å². The average Bonchev–Trinajstić information content (AvgIpc) is 3.58. The second-order valence-corrected chi connectivity index (χ2v) is 11.8. The molecule has 0 spiro atoms. The second-order valence-electron chi connectivity index (χ2n) is 11.8. The molecule has 5 rings (SSSR count). The van der Waals surface area contributed by atoms with Gasteiger partial charge < -0.3 is 19.2 Å². The van der Waals surface area contributed by atoms with E-state index in [4.69, 9.17) is 14.2 Å². The van der Waals surface area contributed by atoms with Gasteiger partial charge >= 0.3 is 5.97 Å². The molecule has 1 aliphatic rings. The first-order chi connectivity index (χ1) is 21.5. The van der Waals surface area contributed by atoms with E-state index in [0.717, 1.165) is 59.8 Å². The first-order valence-electron chi connectivity index (χ1n) is 16.3. The van der Waals surface area contributed by atoms with Crippen molar-refractivity contribution in [1.82, 2.24) is 4.98 Å². The van der Waals surface area contributed by atoms with E-state index < -0.39 is 5.79 Å². The molecule has 6 nitrogen and oxygen atoms in total. The van der Waals surface area contributed by atoms with Crippen molar-refractivity contribution >= 4 is 22.7 Å². The number of hydrogen-bond acceptors (Lipinski definition) is 5. The molecule has 3 aromatic carbocycles. The van der Waals surface area contributed by atoms with E-state index in [1.165, 1.54) is 18.4 Å². The zero-order valence-electron chi connectivity index (χ0n) is 26.4. The van der Waals surface area contributed by atoms with Gasteiger partial charge in [0.2, 0.25) is 0 Å². The number of Topliss-reactive ketones (excluding diaryl/α,β-unsaturated/α-hetero) is 1. The number of hydrogen-bond donors (Lipinski definition) is 1. The first-order valence-corrected chi connectivity index (χ1v) is 16.3. The van der Waals surface area contributed by atoms with Crippen LogP contribution in [-0.2, 0) is 34.6 Å². The maximum Gasteiger partial charge on any atom is 0.305 e. The summed E-state index contributed by atoms with van der Waals surface area (Å²) >= 11 is 0. The lowest BCUT2D eigenvalue weighted by Crippen LogP contribution is -2.35. The monoisotopic (exact) mass is 595 g/mol. The lowest BCUT2D eigenvalue weighted by atomic mass is 9.97.